The van der Waals surface area contributed by atoms with E-state index < -0.39 is 0 Å². The topological polar surface area (TPSA) is 60.2 Å². The average molecular weight is 274 g/mol. The maximum Gasteiger partial charge on any atom is 0.270 e. The molecule has 0 unspecified atom stereocenters. The lowest BCUT2D eigenvalue weighted by Gasteiger charge is -2.17. The fourth-order valence-electron chi connectivity index (χ4n) is 2.58. The Hall–Kier alpha value is -1.95. The Morgan fingerprint density at radius 3 is 2.95 bits per heavy atom. The van der Waals surface area contributed by atoms with Gasteiger partial charge in [0.15, 0.2) is 0 Å². The van der Waals surface area contributed by atoms with Crippen molar-refractivity contribution in [2.24, 2.45) is 0 Å². The highest BCUT2D eigenvalue weighted by molar-refractivity contribution is 5.97. The van der Waals surface area contributed by atoms with Crippen LogP contribution < -0.4 is 0 Å². The Labute approximate surface area is 117 Å². The molecule has 6 heteroatoms. The molecular formula is C14H18N4O2. The van der Waals surface area contributed by atoms with E-state index in [2.05, 4.69) is 9.97 Å². The van der Waals surface area contributed by atoms with Gasteiger partial charge in [-0.3, -0.25) is 4.79 Å². The minimum Gasteiger partial charge on any atom is -0.379 e. The molecule has 2 aromatic rings. The third-order valence-corrected chi connectivity index (χ3v) is 3.59. The Balaban J connectivity index is 2.22. The van der Waals surface area contributed by atoms with Crippen molar-refractivity contribution in [3.05, 3.63) is 23.8 Å². The molecule has 1 aliphatic heterocycles. The molecule has 0 radical (unpaired) electrons. The SMILES string of the molecule is Cc1ncc2cc(C(=O)N(C)C)n([C@H]3CCOC3)c2n1. The summed E-state index contributed by atoms with van der Waals surface area (Å²) in [4.78, 5) is 22.7. The molecule has 0 spiro atoms. The maximum atomic E-state index is 12.4. The Morgan fingerprint density at radius 2 is 2.30 bits per heavy atom. The summed E-state index contributed by atoms with van der Waals surface area (Å²) < 4.78 is 7.48. The average Bonchev–Trinajstić information content (AvgIpc) is 3.03. The largest absolute Gasteiger partial charge is 0.379 e. The predicted molar refractivity (Wildman–Crippen MR) is 74.8 cm³/mol. The van der Waals surface area contributed by atoms with Gasteiger partial charge in [-0.2, -0.15) is 0 Å². The standard InChI is InChI=1S/C14H18N4O2/c1-9-15-7-10-6-12(14(19)17(2)3)18(13(10)16-9)11-4-5-20-8-11/h6-7,11H,4-5,8H2,1-3H3/t11-/m0/s1. The molecule has 20 heavy (non-hydrogen) atoms. The van der Waals surface area contributed by atoms with Crippen LogP contribution in [0.25, 0.3) is 11.0 Å². The lowest BCUT2D eigenvalue weighted by atomic mass is 10.2. The van der Waals surface area contributed by atoms with Crippen LogP contribution in [-0.2, 0) is 4.74 Å². The van der Waals surface area contributed by atoms with Crippen LogP contribution in [0.15, 0.2) is 12.3 Å². The minimum atomic E-state index is -0.0208. The molecule has 0 aromatic carbocycles. The summed E-state index contributed by atoms with van der Waals surface area (Å²) in [6, 6.07) is 2.04. The highest BCUT2D eigenvalue weighted by Crippen LogP contribution is 2.28. The lowest BCUT2D eigenvalue weighted by Crippen LogP contribution is -2.26. The van der Waals surface area contributed by atoms with E-state index in [0.717, 1.165) is 24.1 Å². The monoisotopic (exact) mass is 274 g/mol. The van der Waals surface area contributed by atoms with Crippen molar-refractivity contribution in [3.63, 3.8) is 0 Å². The Kier molecular flexibility index (Phi) is 3.17. The van der Waals surface area contributed by atoms with Gasteiger partial charge in [-0.1, -0.05) is 0 Å². The van der Waals surface area contributed by atoms with E-state index in [4.69, 9.17) is 4.74 Å². The molecule has 1 saturated heterocycles. The highest BCUT2D eigenvalue weighted by Gasteiger charge is 2.26. The van der Waals surface area contributed by atoms with Crippen molar-refractivity contribution in [2.45, 2.75) is 19.4 Å². The van der Waals surface area contributed by atoms with E-state index in [-0.39, 0.29) is 11.9 Å². The van der Waals surface area contributed by atoms with Crippen molar-refractivity contribution in [3.8, 4) is 0 Å². The van der Waals surface area contributed by atoms with Crippen LogP contribution in [0.1, 0.15) is 28.8 Å². The summed E-state index contributed by atoms with van der Waals surface area (Å²) in [5.41, 5.74) is 1.47. The first-order valence-electron chi connectivity index (χ1n) is 6.72. The molecule has 0 N–H and O–H groups in total. The van der Waals surface area contributed by atoms with E-state index >= 15 is 0 Å². The molecule has 1 atom stereocenters. The van der Waals surface area contributed by atoms with Gasteiger partial charge < -0.3 is 14.2 Å². The van der Waals surface area contributed by atoms with Crippen LogP contribution in [-0.4, -0.2) is 52.7 Å². The smallest absolute Gasteiger partial charge is 0.270 e. The molecule has 6 nitrogen and oxygen atoms in total. The van der Waals surface area contributed by atoms with Crippen LogP contribution in [0.5, 0.6) is 0 Å². The third kappa shape index (κ3) is 2.06. The van der Waals surface area contributed by atoms with Crippen molar-refractivity contribution in [2.75, 3.05) is 27.3 Å². The molecule has 2 aromatic heterocycles. The zero-order valence-electron chi connectivity index (χ0n) is 12.0. The number of nitrogens with zero attached hydrogens (tertiary/aromatic N) is 4. The van der Waals surface area contributed by atoms with Gasteiger partial charge in [0.2, 0.25) is 0 Å². The van der Waals surface area contributed by atoms with Gasteiger partial charge in [0, 0.05) is 32.3 Å². The summed E-state index contributed by atoms with van der Waals surface area (Å²) >= 11 is 0. The van der Waals surface area contributed by atoms with Crippen molar-refractivity contribution in [1.82, 2.24) is 19.4 Å². The number of ether oxygens (including phenoxy) is 1. The molecule has 3 heterocycles. The van der Waals surface area contributed by atoms with Gasteiger partial charge >= 0.3 is 0 Å². The number of aromatic nitrogens is 3. The first-order valence-corrected chi connectivity index (χ1v) is 6.72. The first kappa shape index (κ1) is 13.1. The summed E-state index contributed by atoms with van der Waals surface area (Å²) in [5.74, 6) is 0.687. The van der Waals surface area contributed by atoms with Gasteiger partial charge in [0.05, 0.1) is 12.6 Å². The Morgan fingerprint density at radius 1 is 1.50 bits per heavy atom. The molecule has 106 valence electrons. The van der Waals surface area contributed by atoms with Gasteiger partial charge in [-0.25, -0.2) is 9.97 Å². The molecule has 3 rings (SSSR count). The fraction of sp³-hybridized carbons (Fsp3) is 0.500. The van der Waals surface area contributed by atoms with Gasteiger partial charge in [-0.15, -0.1) is 0 Å². The van der Waals surface area contributed by atoms with Crippen molar-refractivity contribution < 1.29 is 9.53 Å². The van der Waals surface area contributed by atoms with Gasteiger partial charge in [0.25, 0.3) is 5.91 Å². The Bertz CT molecular complexity index is 656. The van der Waals surface area contributed by atoms with Crippen molar-refractivity contribution >= 4 is 16.9 Å². The van der Waals surface area contributed by atoms with Crippen LogP contribution in [0.2, 0.25) is 0 Å². The number of carbonyl (C=O) groups excluding carboxylic acids is 1. The van der Waals surface area contributed by atoms with E-state index in [0.29, 0.717) is 18.1 Å². The molecule has 1 amide bonds. The zero-order valence-corrected chi connectivity index (χ0v) is 12.0. The second-order valence-corrected chi connectivity index (χ2v) is 5.31. The number of hydrogen-bond donors (Lipinski definition) is 0. The summed E-state index contributed by atoms with van der Waals surface area (Å²) in [5, 5.41) is 0.896. The van der Waals surface area contributed by atoms with Crippen LogP contribution >= 0.6 is 0 Å². The second kappa shape index (κ2) is 4.86. The number of carbonyl (C=O) groups is 1. The number of fused-ring (bicyclic) bond motifs is 1. The van der Waals surface area contributed by atoms with E-state index in [9.17, 15) is 4.79 Å². The molecule has 1 fully saturated rings. The van der Waals surface area contributed by atoms with Crippen molar-refractivity contribution in [1.29, 1.82) is 0 Å². The van der Waals surface area contributed by atoms with Crippen LogP contribution in [0.3, 0.4) is 0 Å². The summed E-state index contributed by atoms with van der Waals surface area (Å²) in [6.45, 7) is 3.21. The fourth-order valence-corrected chi connectivity index (χ4v) is 2.58. The molecular weight excluding hydrogens is 256 g/mol. The summed E-state index contributed by atoms with van der Waals surface area (Å²) in [6.07, 6.45) is 2.68. The first-order chi connectivity index (χ1) is 9.58. The molecule has 1 aliphatic rings. The van der Waals surface area contributed by atoms with E-state index in [1.54, 1.807) is 25.2 Å². The molecule has 0 aliphatic carbocycles. The van der Waals surface area contributed by atoms with Crippen LogP contribution in [0, 0.1) is 6.92 Å². The number of aryl methyl sites for hydroxylation is 1. The highest BCUT2D eigenvalue weighted by atomic mass is 16.5. The van der Waals surface area contributed by atoms with Gasteiger partial charge in [-0.05, 0) is 19.4 Å². The number of hydrogen-bond acceptors (Lipinski definition) is 4. The van der Waals surface area contributed by atoms with E-state index in [1.807, 2.05) is 17.6 Å². The zero-order chi connectivity index (χ0) is 14.3. The maximum absolute atomic E-state index is 12.4. The second-order valence-electron chi connectivity index (χ2n) is 5.31. The number of amides is 1. The lowest BCUT2D eigenvalue weighted by molar-refractivity contribution is 0.0814. The predicted octanol–water partition coefficient (Wildman–Crippen LogP) is 1.40. The quantitative estimate of drug-likeness (QED) is 0.830. The summed E-state index contributed by atoms with van der Waals surface area (Å²) in [7, 11) is 3.51. The third-order valence-electron chi connectivity index (χ3n) is 3.59. The van der Waals surface area contributed by atoms with Crippen LogP contribution in [0.4, 0.5) is 0 Å². The van der Waals surface area contributed by atoms with E-state index in [1.165, 1.54) is 0 Å². The molecule has 0 bridgehead atoms. The van der Waals surface area contributed by atoms with Gasteiger partial charge in [0.1, 0.15) is 17.2 Å². The number of rotatable bonds is 2. The molecule has 0 saturated carbocycles. The normalized spacial score (nSPS) is 18.6. The minimum absolute atomic E-state index is 0.0208.